The lowest BCUT2D eigenvalue weighted by Crippen LogP contribution is -2.17. The molecular weight excluding hydrogens is 212 g/mol. The fourth-order valence-corrected chi connectivity index (χ4v) is 1.36. The first-order chi connectivity index (χ1) is 6.47. The molecule has 0 aliphatic carbocycles. The van der Waals surface area contributed by atoms with Crippen LogP contribution in [-0.4, -0.2) is 19.5 Å². The van der Waals surface area contributed by atoms with Gasteiger partial charge in [0.05, 0.1) is 5.56 Å². The van der Waals surface area contributed by atoms with Gasteiger partial charge in [0.2, 0.25) is 5.09 Å². The van der Waals surface area contributed by atoms with Crippen molar-refractivity contribution in [2.45, 2.75) is 5.09 Å². The summed E-state index contributed by atoms with van der Waals surface area (Å²) in [4.78, 5) is 10.4. The normalized spacial score (nSPS) is 10.5. The van der Waals surface area contributed by atoms with Crippen molar-refractivity contribution in [1.29, 1.82) is 5.26 Å². The van der Waals surface area contributed by atoms with Crippen LogP contribution in [0.5, 0.6) is 0 Å². The van der Waals surface area contributed by atoms with Crippen LogP contribution in [0.25, 0.3) is 0 Å². The Kier molecular flexibility index (Phi) is 2.44. The van der Waals surface area contributed by atoms with E-state index in [1.807, 2.05) is 0 Å². The Hall–Kier alpha value is -2.01. The molecule has 0 atom stereocenters. The Balaban J connectivity index is 3.11. The van der Waals surface area contributed by atoms with Crippen molar-refractivity contribution < 1.29 is 22.7 Å². The lowest BCUT2D eigenvalue weighted by molar-refractivity contribution is 0.0696. The largest absolute Gasteiger partial charge is 0.478 e. The highest BCUT2D eigenvalue weighted by Gasteiger charge is 2.20. The number of rotatable bonds is 3. The van der Waals surface area contributed by atoms with Gasteiger partial charge in [0.1, 0.15) is 6.26 Å². The second-order valence-corrected chi connectivity index (χ2v) is 3.79. The van der Waals surface area contributed by atoms with Gasteiger partial charge >= 0.3 is 16.0 Å². The van der Waals surface area contributed by atoms with Crippen LogP contribution in [-0.2, 0) is 10.0 Å². The lowest BCUT2D eigenvalue weighted by Gasteiger charge is -1.93. The quantitative estimate of drug-likeness (QED) is 0.530. The predicted octanol–water partition coefficient (Wildman–Crippen LogP) is -0.263. The standard InChI is InChI=1S/C6H4N2O5S/c7-3-8-14(11,12)5-1-4(2-13-5)6(9)10/h1-2,8H,(H,9,10). The highest BCUT2D eigenvalue weighted by atomic mass is 32.2. The van der Waals surface area contributed by atoms with Gasteiger partial charge in [-0.2, -0.15) is 13.7 Å². The predicted molar refractivity (Wildman–Crippen MR) is 41.6 cm³/mol. The zero-order chi connectivity index (χ0) is 10.8. The Bertz CT molecular complexity index is 495. The zero-order valence-corrected chi connectivity index (χ0v) is 7.41. The third-order valence-corrected chi connectivity index (χ3v) is 2.37. The minimum atomic E-state index is -4.06. The number of sulfonamides is 1. The zero-order valence-electron chi connectivity index (χ0n) is 6.59. The maximum Gasteiger partial charge on any atom is 0.339 e. The Morgan fingerprint density at radius 2 is 2.29 bits per heavy atom. The number of nitrogens with zero attached hydrogens (tertiary/aromatic N) is 1. The van der Waals surface area contributed by atoms with Crippen molar-refractivity contribution >= 4 is 16.0 Å². The van der Waals surface area contributed by atoms with Crippen LogP contribution in [0.3, 0.4) is 0 Å². The topological polar surface area (TPSA) is 120 Å². The van der Waals surface area contributed by atoms with Crippen LogP contribution in [0.2, 0.25) is 0 Å². The Morgan fingerprint density at radius 3 is 2.71 bits per heavy atom. The molecule has 0 bridgehead atoms. The summed E-state index contributed by atoms with van der Waals surface area (Å²) in [6.45, 7) is 0. The van der Waals surface area contributed by atoms with Gasteiger partial charge in [0.15, 0.2) is 6.19 Å². The number of nitrogens with one attached hydrogen (secondary N) is 1. The number of carboxylic acid groups (broad SMARTS) is 1. The lowest BCUT2D eigenvalue weighted by atomic mass is 10.4. The summed E-state index contributed by atoms with van der Waals surface area (Å²) in [6, 6.07) is 0.808. The van der Waals surface area contributed by atoms with Gasteiger partial charge in [-0.1, -0.05) is 0 Å². The number of furan rings is 1. The number of carbonyl (C=O) groups is 1. The molecule has 0 unspecified atom stereocenters. The monoisotopic (exact) mass is 216 g/mol. The summed E-state index contributed by atoms with van der Waals surface area (Å²) in [7, 11) is -4.06. The fourth-order valence-electron chi connectivity index (χ4n) is 0.680. The molecule has 0 amide bonds. The van der Waals surface area contributed by atoms with E-state index in [9.17, 15) is 13.2 Å². The average molecular weight is 216 g/mol. The highest BCUT2D eigenvalue weighted by Crippen LogP contribution is 2.13. The third kappa shape index (κ3) is 1.83. The SMILES string of the molecule is N#CNS(=O)(=O)c1cc(C(=O)O)co1. The van der Waals surface area contributed by atoms with E-state index < -0.39 is 21.1 Å². The maximum absolute atomic E-state index is 11.0. The summed E-state index contributed by atoms with van der Waals surface area (Å²) in [5, 5.41) is 15.9. The molecule has 0 spiro atoms. The minimum Gasteiger partial charge on any atom is -0.478 e. The van der Waals surface area contributed by atoms with Crippen LogP contribution in [0.4, 0.5) is 0 Å². The van der Waals surface area contributed by atoms with Gasteiger partial charge < -0.3 is 9.52 Å². The molecular formula is C6H4N2O5S. The van der Waals surface area contributed by atoms with Crippen molar-refractivity contribution in [3.8, 4) is 6.19 Å². The molecule has 8 heteroatoms. The van der Waals surface area contributed by atoms with Crippen molar-refractivity contribution in [2.75, 3.05) is 0 Å². The molecule has 0 saturated heterocycles. The van der Waals surface area contributed by atoms with E-state index in [4.69, 9.17) is 10.4 Å². The fraction of sp³-hybridized carbons (Fsp3) is 0. The molecule has 0 aliphatic rings. The summed E-state index contributed by atoms with van der Waals surface area (Å²) >= 11 is 0. The molecule has 14 heavy (non-hydrogen) atoms. The van der Waals surface area contributed by atoms with E-state index in [2.05, 4.69) is 4.42 Å². The molecule has 0 radical (unpaired) electrons. The van der Waals surface area contributed by atoms with E-state index >= 15 is 0 Å². The van der Waals surface area contributed by atoms with Crippen molar-refractivity contribution in [2.24, 2.45) is 0 Å². The maximum atomic E-state index is 11.0. The number of hydrogen-bond acceptors (Lipinski definition) is 5. The molecule has 2 N–H and O–H groups in total. The van der Waals surface area contributed by atoms with E-state index in [1.54, 1.807) is 0 Å². The number of hydrogen-bond donors (Lipinski definition) is 2. The molecule has 1 aromatic heterocycles. The van der Waals surface area contributed by atoms with Crippen molar-refractivity contribution in [3.05, 3.63) is 17.9 Å². The minimum absolute atomic E-state index is 0.302. The van der Waals surface area contributed by atoms with Crippen molar-refractivity contribution in [1.82, 2.24) is 4.72 Å². The first-order valence-electron chi connectivity index (χ1n) is 3.20. The van der Waals surface area contributed by atoms with Gasteiger partial charge in [-0.05, 0) is 0 Å². The summed E-state index contributed by atoms with van der Waals surface area (Å²) in [6.07, 6.45) is 1.97. The van der Waals surface area contributed by atoms with E-state index in [0.717, 1.165) is 12.3 Å². The van der Waals surface area contributed by atoms with E-state index in [0.29, 0.717) is 0 Å². The second-order valence-electron chi connectivity index (χ2n) is 2.18. The summed E-state index contributed by atoms with van der Waals surface area (Å²) in [5.74, 6) is -1.31. The summed E-state index contributed by atoms with van der Waals surface area (Å²) in [5.41, 5.74) is -0.302. The number of carboxylic acids is 1. The smallest absolute Gasteiger partial charge is 0.339 e. The average Bonchev–Trinajstić information content (AvgIpc) is 2.51. The molecule has 1 rings (SSSR count). The molecule has 0 saturated carbocycles. The molecule has 1 aromatic rings. The highest BCUT2D eigenvalue weighted by molar-refractivity contribution is 7.89. The first-order valence-corrected chi connectivity index (χ1v) is 4.68. The molecule has 0 fully saturated rings. The number of aromatic carboxylic acids is 1. The van der Waals surface area contributed by atoms with Crippen LogP contribution in [0.15, 0.2) is 21.8 Å². The van der Waals surface area contributed by atoms with Gasteiger partial charge in [-0.25, -0.2) is 9.52 Å². The molecule has 7 nitrogen and oxygen atoms in total. The Morgan fingerprint density at radius 1 is 1.64 bits per heavy atom. The molecule has 0 aliphatic heterocycles. The third-order valence-electron chi connectivity index (χ3n) is 1.27. The van der Waals surface area contributed by atoms with E-state index in [1.165, 1.54) is 10.9 Å². The Labute approximate surface area is 78.6 Å². The van der Waals surface area contributed by atoms with Crippen LogP contribution in [0, 0.1) is 11.5 Å². The first kappa shape index (κ1) is 10.1. The van der Waals surface area contributed by atoms with Crippen LogP contribution >= 0.6 is 0 Å². The van der Waals surface area contributed by atoms with E-state index in [-0.39, 0.29) is 5.56 Å². The van der Waals surface area contributed by atoms with Crippen molar-refractivity contribution in [3.63, 3.8) is 0 Å². The van der Waals surface area contributed by atoms with Crippen LogP contribution in [0.1, 0.15) is 10.4 Å². The van der Waals surface area contributed by atoms with Gasteiger partial charge in [-0.3, -0.25) is 0 Å². The summed E-state index contributed by atoms with van der Waals surface area (Å²) < 4.78 is 28.0. The van der Waals surface area contributed by atoms with Crippen LogP contribution < -0.4 is 4.72 Å². The van der Waals surface area contributed by atoms with Gasteiger partial charge in [-0.15, -0.1) is 0 Å². The van der Waals surface area contributed by atoms with Gasteiger partial charge in [0.25, 0.3) is 0 Å². The number of nitriles is 1. The molecule has 0 aromatic carbocycles. The van der Waals surface area contributed by atoms with Gasteiger partial charge in [0, 0.05) is 6.07 Å². The molecule has 1 heterocycles. The second kappa shape index (κ2) is 3.39. The molecule has 74 valence electrons.